The molecule has 2 N–H and O–H groups in total. The molecule has 2 aromatic rings. The number of alkyl halides is 3. The number of Topliss-reactive ketones (excluding diaryl/α,β-unsaturated/α-hetero) is 1. The van der Waals surface area contributed by atoms with Crippen molar-refractivity contribution in [1.29, 1.82) is 0 Å². The van der Waals surface area contributed by atoms with Gasteiger partial charge in [0.05, 0.1) is 18.5 Å². The van der Waals surface area contributed by atoms with Crippen LogP contribution in [0.5, 0.6) is 0 Å². The molecule has 2 rings (SSSR count). The Labute approximate surface area is 152 Å². The van der Waals surface area contributed by atoms with E-state index in [-0.39, 0.29) is 42.0 Å². The van der Waals surface area contributed by atoms with Crippen LogP contribution in [0.3, 0.4) is 0 Å². The number of aliphatic carboxylic acids is 1. The first-order valence-electron chi connectivity index (χ1n) is 7.99. The fraction of sp³-hybridized carbons (Fsp3) is 0.263. The maximum absolute atomic E-state index is 14.3. The fourth-order valence-corrected chi connectivity index (χ4v) is 2.62. The summed E-state index contributed by atoms with van der Waals surface area (Å²) < 4.78 is 53.4. The predicted octanol–water partition coefficient (Wildman–Crippen LogP) is 3.82. The van der Waals surface area contributed by atoms with Crippen LogP contribution in [0.1, 0.15) is 23.6 Å². The first kappa shape index (κ1) is 20.6. The summed E-state index contributed by atoms with van der Waals surface area (Å²) in [4.78, 5) is 21.9. The van der Waals surface area contributed by atoms with Gasteiger partial charge in [-0.25, -0.2) is 4.39 Å². The van der Waals surface area contributed by atoms with Gasteiger partial charge in [-0.05, 0) is 47.9 Å². The largest absolute Gasteiger partial charge is 0.481 e. The maximum atomic E-state index is 14.3. The van der Waals surface area contributed by atoms with Gasteiger partial charge in [0, 0.05) is 12.1 Å². The number of carboxylic acids is 1. The lowest BCUT2D eigenvalue weighted by Crippen LogP contribution is -2.21. The summed E-state index contributed by atoms with van der Waals surface area (Å²) in [6.07, 6.45) is -4.91. The van der Waals surface area contributed by atoms with Crippen molar-refractivity contribution in [2.45, 2.75) is 26.1 Å². The minimum absolute atomic E-state index is 0.00194. The van der Waals surface area contributed by atoms with E-state index in [4.69, 9.17) is 5.11 Å². The molecular weight excluding hydrogens is 366 g/mol. The third-order valence-electron chi connectivity index (χ3n) is 3.80. The van der Waals surface area contributed by atoms with Crippen molar-refractivity contribution in [3.8, 4) is 11.1 Å². The number of carboxylic acid groups (broad SMARTS) is 1. The Morgan fingerprint density at radius 3 is 2.37 bits per heavy atom. The molecule has 0 amide bonds. The predicted molar refractivity (Wildman–Crippen MR) is 90.6 cm³/mol. The Kier molecular flexibility index (Phi) is 6.32. The summed E-state index contributed by atoms with van der Waals surface area (Å²) in [5.41, 5.74) is -0.224. The van der Waals surface area contributed by atoms with Crippen LogP contribution in [-0.4, -0.2) is 23.4 Å². The van der Waals surface area contributed by atoms with Crippen LogP contribution in [0.4, 0.5) is 17.6 Å². The molecule has 0 aliphatic rings. The number of halogens is 4. The molecule has 0 aliphatic carbocycles. The first-order chi connectivity index (χ1) is 12.6. The van der Waals surface area contributed by atoms with Crippen LogP contribution < -0.4 is 5.32 Å². The van der Waals surface area contributed by atoms with Crippen molar-refractivity contribution in [2.24, 2.45) is 0 Å². The van der Waals surface area contributed by atoms with E-state index in [1.807, 2.05) is 0 Å². The summed E-state index contributed by atoms with van der Waals surface area (Å²) in [5.74, 6) is -1.99. The normalized spacial score (nSPS) is 11.4. The van der Waals surface area contributed by atoms with Crippen molar-refractivity contribution < 1.29 is 32.3 Å². The Balaban J connectivity index is 2.51. The molecule has 0 fully saturated rings. The van der Waals surface area contributed by atoms with Crippen LogP contribution in [0, 0.1) is 5.82 Å². The molecular formula is C19H17F4NO3. The number of hydrogen-bond acceptors (Lipinski definition) is 3. The topological polar surface area (TPSA) is 66.4 Å². The molecule has 0 heterocycles. The maximum Gasteiger partial charge on any atom is 0.416 e. The minimum atomic E-state index is -4.57. The zero-order valence-electron chi connectivity index (χ0n) is 14.4. The van der Waals surface area contributed by atoms with E-state index >= 15 is 0 Å². The fourth-order valence-electron chi connectivity index (χ4n) is 2.62. The van der Waals surface area contributed by atoms with Crippen LogP contribution in [0.25, 0.3) is 11.1 Å². The third-order valence-corrected chi connectivity index (χ3v) is 3.80. The first-order valence-corrected chi connectivity index (χ1v) is 7.99. The van der Waals surface area contributed by atoms with Gasteiger partial charge in [0.15, 0.2) is 0 Å². The van der Waals surface area contributed by atoms with Crippen LogP contribution in [-0.2, 0) is 28.7 Å². The van der Waals surface area contributed by atoms with E-state index in [0.29, 0.717) is 5.56 Å². The van der Waals surface area contributed by atoms with Crippen molar-refractivity contribution in [3.63, 3.8) is 0 Å². The molecule has 8 heteroatoms. The SMILES string of the molecule is CC(=O)CNCc1cc(C(F)(F)F)ccc1-c1cc(CC(=O)O)ccc1F. The molecule has 27 heavy (non-hydrogen) atoms. The molecule has 0 radical (unpaired) electrons. The molecule has 0 atom stereocenters. The number of carbonyl (C=O) groups excluding carboxylic acids is 1. The van der Waals surface area contributed by atoms with Gasteiger partial charge < -0.3 is 10.4 Å². The van der Waals surface area contributed by atoms with Crippen LogP contribution in [0.2, 0.25) is 0 Å². The average Bonchev–Trinajstić information content (AvgIpc) is 2.55. The van der Waals surface area contributed by atoms with Gasteiger partial charge in [0.2, 0.25) is 0 Å². The Morgan fingerprint density at radius 1 is 1.07 bits per heavy atom. The number of nitrogens with one attached hydrogen (secondary N) is 1. The highest BCUT2D eigenvalue weighted by Crippen LogP contribution is 2.34. The Hall–Kier alpha value is -2.74. The number of rotatable bonds is 7. The monoisotopic (exact) mass is 383 g/mol. The zero-order valence-corrected chi connectivity index (χ0v) is 14.4. The van der Waals surface area contributed by atoms with E-state index in [2.05, 4.69) is 5.32 Å². The molecule has 0 unspecified atom stereocenters. The lowest BCUT2D eigenvalue weighted by atomic mass is 9.95. The number of hydrogen-bond donors (Lipinski definition) is 2. The van der Waals surface area contributed by atoms with E-state index < -0.39 is 23.5 Å². The second-order valence-corrected chi connectivity index (χ2v) is 6.06. The van der Waals surface area contributed by atoms with E-state index in [1.165, 1.54) is 19.1 Å². The molecule has 0 saturated carbocycles. The number of benzene rings is 2. The van der Waals surface area contributed by atoms with Crippen LogP contribution >= 0.6 is 0 Å². The van der Waals surface area contributed by atoms with E-state index in [0.717, 1.165) is 24.3 Å². The summed E-state index contributed by atoms with van der Waals surface area (Å²) in [6.45, 7) is 1.20. The highest BCUT2D eigenvalue weighted by molar-refractivity contribution is 5.77. The molecule has 0 saturated heterocycles. The molecule has 144 valence electrons. The Bertz CT molecular complexity index is 863. The van der Waals surface area contributed by atoms with Gasteiger partial charge in [-0.1, -0.05) is 12.1 Å². The minimum Gasteiger partial charge on any atom is -0.481 e. The van der Waals surface area contributed by atoms with E-state index in [9.17, 15) is 27.2 Å². The van der Waals surface area contributed by atoms with Crippen molar-refractivity contribution in [1.82, 2.24) is 5.32 Å². The standard InChI is InChI=1S/C19H17F4NO3/c1-11(25)9-24-10-13-8-14(19(21,22)23)3-4-15(13)16-6-12(7-18(26)27)2-5-17(16)20/h2-6,8,24H,7,9-10H2,1H3,(H,26,27). The quantitative estimate of drug-likeness (QED) is 0.714. The highest BCUT2D eigenvalue weighted by atomic mass is 19.4. The van der Waals surface area contributed by atoms with Gasteiger partial charge >= 0.3 is 12.1 Å². The smallest absolute Gasteiger partial charge is 0.416 e. The van der Waals surface area contributed by atoms with Gasteiger partial charge in [-0.3, -0.25) is 9.59 Å². The molecule has 0 aromatic heterocycles. The molecule has 0 aliphatic heterocycles. The van der Waals surface area contributed by atoms with Gasteiger partial charge in [-0.15, -0.1) is 0 Å². The Morgan fingerprint density at radius 2 is 1.78 bits per heavy atom. The van der Waals surface area contributed by atoms with E-state index in [1.54, 1.807) is 0 Å². The van der Waals surface area contributed by atoms with Crippen molar-refractivity contribution >= 4 is 11.8 Å². The summed E-state index contributed by atoms with van der Waals surface area (Å²) in [5, 5.41) is 11.6. The summed E-state index contributed by atoms with van der Waals surface area (Å²) in [7, 11) is 0. The molecule has 4 nitrogen and oxygen atoms in total. The molecule has 0 bridgehead atoms. The summed E-state index contributed by atoms with van der Waals surface area (Å²) >= 11 is 0. The number of ketones is 1. The zero-order chi connectivity index (χ0) is 20.2. The van der Waals surface area contributed by atoms with Crippen LogP contribution in [0.15, 0.2) is 36.4 Å². The second kappa shape index (κ2) is 8.30. The lowest BCUT2D eigenvalue weighted by Gasteiger charge is -2.15. The highest BCUT2D eigenvalue weighted by Gasteiger charge is 2.31. The van der Waals surface area contributed by atoms with Crippen molar-refractivity contribution in [3.05, 3.63) is 58.9 Å². The summed E-state index contributed by atoms with van der Waals surface area (Å²) in [6, 6.07) is 6.58. The van der Waals surface area contributed by atoms with Gasteiger partial charge in [0.25, 0.3) is 0 Å². The van der Waals surface area contributed by atoms with Gasteiger partial charge in [-0.2, -0.15) is 13.2 Å². The molecule has 2 aromatic carbocycles. The number of carbonyl (C=O) groups is 2. The molecule has 0 spiro atoms. The second-order valence-electron chi connectivity index (χ2n) is 6.06. The van der Waals surface area contributed by atoms with Crippen molar-refractivity contribution in [2.75, 3.05) is 6.54 Å². The van der Waals surface area contributed by atoms with Gasteiger partial charge in [0.1, 0.15) is 11.6 Å². The lowest BCUT2D eigenvalue weighted by molar-refractivity contribution is -0.138. The average molecular weight is 383 g/mol. The third kappa shape index (κ3) is 5.62.